The Morgan fingerprint density at radius 2 is 1.77 bits per heavy atom. The van der Waals surface area contributed by atoms with Gasteiger partial charge in [0.2, 0.25) is 0 Å². The minimum Gasteiger partial charge on any atom is -0.481 e. The molecule has 0 aromatic heterocycles. The van der Waals surface area contributed by atoms with E-state index in [1.807, 2.05) is 18.2 Å². The van der Waals surface area contributed by atoms with Crippen LogP contribution in [0.15, 0.2) is 24.3 Å². The van der Waals surface area contributed by atoms with Gasteiger partial charge in [0.25, 0.3) is 0 Å². The fourth-order valence-electron chi connectivity index (χ4n) is 2.21. The zero-order chi connectivity index (χ0) is 16.5. The summed E-state index contributed by atoms with van der Waals surface area (Å²) in [5.41, 5.74) is 0. The number of carboxylic acids is 1. The maximum atomic E-state index is 10.4. The zero-order valence-corrected chi connectivity index (χ0v) is 13.9. The first kappa shape index (κ1) is 20.9. The van der Waals surface area contributed by atoms with Gasteiger partial charge in [-0.15, -0.1) is 0 Å². The van der Waals surface area contributed by atoms with Crippen LogP contribution in [-0.2, 0) is 9.68 Å². The van der Waals surface area contributed by atoms with E-state index in [1.165, 1.54) is 19.3 Å². The van der Waals surface area contributed by atoms with Crippen LogP contribution in [0, 0.1) is 0 Å². The molecule has 0 saturated heterocycles. The second-order valence-electron chi connectivity index (χ2n) is 5.65. The van der Waals surface area contributed by atoms with Crippen LogP contribution in [0.2, 0.25) is 0 Å². The monoisotopic (exact) mass is 312 g/mol. The lowest BCUT2D eigenvalue weighted by Crippen LogP contribution is -2.06. The van der Waals surface area contributed by atoms with Crippen molar-refractivity contribution in [3.8, 4) is 0 Å². The molecule has 0 aliphatic carbocycles. The number of carboxylic acid groups (broad SMARTS) is 1. The molecule has 4 heteroatoms. The van der Waals surface area contributed by atoms with Crippen LogP contribution >= 0.6 is 0 Å². The first-order chi connectivity index (χ1) is 10.7. The summed E-state index contributed by atoms with van der Waals surface area (Å²) in [7, 11) is 0. The fraction of sp³-hybridized carbons (Fsp3) is 0.722. The molecule has 0 rings (SSSR count). The van der Waals surface area contributed by atoms with Gasteiger partial charge >= 0.3 is 5.97 Å². The van der Waals surface area contributed by atoms with Crippen molar-refractivity contribution in [2.75, 3.05) is 0 Å². The summed E-state index contributed by atoms with van der Waals surface area (Å²) in [6, 6.07) is 0. The summed E-state index contributed by atoms with van der Waals surface area (Å²) >= 11 is 0. The molecule has 1 atom stereocenters. The highest BCUT2D eigenvalue weighted by molar-refractivity contribution is 5.66. The summed E-state index contributed by atoms with van der Waals surface area (Å²) < 4.78 is 0. The molecule has 0 heterocycles. The molecule has 0 amide bonds. The molecule has 0 radical (unpaired) electrons. The molecule has 4 nitrogen and oxygen atoms in total. The summed E-state index contributed by atoms with van der Waals surface area (Å²) in [4.78, 5) is 14.8. The fourth-order valence-corrected chi connectivity index (χ4v) is 2.21. The van der Waals surface area contributed by atoms with Gasteiger partial charge in [-0.1, -0.05) is 69.8 Å². The Kier molecular flexibility index (Phi) is 15.4. The minimum absolute atomic E-state index is 0.251. The topological polar surface area (TPSA) is 66.8 Å². The molecule has 128 valence electrons. The molecule has 0 aliphatic rings. The Balaban J connectivity index is 3.59. The Morgan fingerprint density at radius 1 is 1.05 bits per heavy atom. The molecular weight excluding hydrogens is 280 g/mol. The smallest absolute Gasteiger partial charge is 0.303 e. The lowest BCUT2D eigenvalue weighted by Gasteiger charge is -2.08. The van der Waals surface area contributed by atoms with Crippen molar-refractivity contribution < 1.29 is 20.0 Å². The Hall–Kier alpha value is -1.13. The van der Waals surface area contributed by atoms with E-state index in [9.17, 15) is 4.79 Å². The Labute approximate surface area is 134 Å². The first-order valence-corrected chi connectivity index (χ1v) is 8.56. The van der Waals surface area contributed by atoms with Crippen molar-refractivity contribution in [3.63, 3.8) is 0 Å². The van der Waals surface area contributed by atoms with Crippen LogP contribution in [0.4, 0.5) is 0 Å². The third kappa shape index (κ3) is 15.3. The van der Waals surface area contributed by atoms with Crippen LogP contribution in [0.3, 0.4) is 0 Å². The molecule has 0 unspecified atom stereocenters. The molecule has 0 spiro atoms. The largest absolute Gasteiger partial charge is 0.481 e. The lowest BCUT2D eigenvalue weighted by molar-refractivity contribution is -0.267. The van der Waals surface area contributed by atoms with Crippen LogP contribution in [0.25, 0.3) is 0 Å². The number of carbonyl (C=O) groups is 1. The SMILES string of the molecule is CCCCC/C=C/C=C\[C@H](CCCCCCCC(=O)O)OO. The van der Waals surface area contributed by atoms with Crippen molar-refractivity contribution in [2.45, 2.75) is 83.7 Å². The van der Waals surface area contributed by atoms with E-state index < -0.39 is 5.97 Å². The summed E-state index contributed by atoms with van der Waals surface area (Å²) in [5.74, 6) is -0.721. The predicted octanol–water partition coefficient (Wildman–Crippen LogP) is 5.35. The van der Waals surface area contributed by atoms with E-state index in [0.717, 1.165) is 44.9 Å². The molecular formula is C18H32O4. The molecule has 0 aliphatic heterocycles. The number of hydrogen-bond acceptors (Lipinski definition) is 3. The molecule has 0 aromatic carbocycles. The van der Waals surface area contributed by atoms with Gasteiger partial charge in [-0.2, -0.15) is 0 Å². The standard InChI is InChI=1S/C18H32O4/c1-2-3-4-5-6-8-11-14-17(22-21)15-12-9-7-10-13-16-18(19)20/h6,8,11,14,17,21H,2-5,7,9-10,12-13,15-16H2,1H3,(H,19,20)/b8-6+,14-11-/t17-/m1/s1. The highest BCUT2D eigenvalue weighted by atomic mass is 17.1. The normalized spacial score (nSPS) is 13.2. The first-order valence-electron chi connectivity index (χ1n) is 8.56. The highest BCUT2D eigenvalue weighted by Gasteiger charge is 2.03. The average molecular weight is 312 g/mol. The van der Waals surface area contributed by atoms with Crippen molar-refractivity contribution in [3.05, 3.63) is 24.3 Å². The van der Waals surface area contributed by atoms with Crippen molar-refractivity contribution >= 4 is 5.97 Å². The minimum atomic E-state index is -0.721. The number of aliphatic carboxylic acids is 1. The molecule has 0 aromatic rings. The van der Waals surface area contributed by atoms with E-state index in [4.69, 9.17) is 10.4 Å². The van der Waals surface area contributed by atoms with Crippen molar-refractivity contribution in [2.24, 2.45) is 0 Å². The second kappa shape index (κ2) is 16.2. The molecule has 0 saturated carbocycles. The average Bonchev–Trinajstić information content (AvgIpc) is 2.50. The van der Waals surface area contributed by atoms with E-state index in [0.29, 0.717) is 0 Å². The third-order valence-corrected chi connectivity index (χ3v) is 3.56. The second-order valence-corrected chi connectivity index (χ2v) is 5.65. The van der Waals surface area contributed by atoms with Crippen LogP contribution in [0.5, 0.6) is 0 Å². The molecule has 0 bridgehead atoms. The maximum absolute atomic E-state index is 10.4. The van der Waals surface area contributed by atoms with Crippen LogP contribution < -0.4 is 0 Å². The zero-order valence-electron chi connectivity index (χ0n) is 13.9. The molecule has 0 fully saturated rings. The van der Waals surface area contributed by atoms with Gasteiger partial charge in [0.1, 0.15) is 6.10 Å². The Morgan fingerprint density at radius 3 is 2.45 bits per heavy atom. The van der Waals surface area contributed by atoms with Crippen LogP contribution in [0.1, 0.15) is 77.6 Å². The lowest BCUT2D eigenvalue weighted by atomic mass is 10.1. The number of rotatable bonds is 15. The van der Waals surface area contributed by atoms with Gasteiger partial charge in [0, 0.05) is 6.42 Å². The third-order valence-electron chi connectivity index (χ3n) is 3.56. The van der Waals surface area contributed by atoms with E-state index in [2.05, 4.69) is 17.9 Å². The number of unbranched alkanes of at least 4 members (excludes halogenated alkanes) is 7. The van der Waals surface area contributed by atoms with E-state index in [-0.39, 0.29) is 12.5 Å². The summed E-state index contributed by atoms with van der Waals surface area (Å²) in [6.45, 7) is 2.19. The predicted molar refractivity (Wildman–Crippen MR) is 89.9 cm³/mol. The van der Waals surface area contributed by atoms with Gasteiger partial charge < -0.3 is 5.11 Å². The maximum Gasteiger partial charge on any atom is 0.303 e. The molecule has 22 heavy (non-hydrogen) atoms. The van der Waals surface area contributed by atoms with Gasteiger partial charge in [0.15, 0.2) is 0 Å². The number of hydrogen-bond donors (Lipinski definition) is 2. The molecule has 2 N–H and O–H groups in total. The van der Waals surface area contributed by atoms with Gasteiger partial charge in [0.05, 0.1) is 0 Å². The summed E-state index contributed by atoms with van der Waals surface area (Å²) in [5, 5.41) is 17.4. The summed E-state index contributed by atoms with van der Waals surface area (Å²) in [6.07, 6.45) is 18.3. The van der Waals surface area contributed by atoms with E-state index >= 15 is 0 Å². The number of allylic oxidation sites excluding steroid dienone is 3. The van der Waals surface area contributed by atoms with E-state index in [1.54, 1.807) is 0 Å². The van der Waals surface area contributed by atoms with Crippen molar-refractivity contribution in [1.29, 1.82) is 0 Å². The highest BCUT2D eigenvalue weighted by Crippen LogP contribution is 2.11. The Bertz CT molecular complexity index is 310. The van der Waals surface area contributed by atoms with Crippen molar-refractivity contribution in [1.82, 2.24) is 0 Å². The quantitative estimate of drug-likeness (QED) is 0.185. The van der Waals surface area contributed by atoms with Gasteiger partial charge in [-0.05, 0) is 25.7 Å². The van der Waals surface area contributed by atoms with Gasteiger partial charge in [-0.25, -0.2) is 4.89 Å². The van der Waals surface area contributed by atoms with Crippen LogP contribution in [-0.4, -0.2) is 22.4 Å². The van der Waals surface area contributed by atoms with Gasteiger partial charge in [-0.3, -0.25) is 10.1 Å².